The van der Waals surface area contributed by atoms with Crippen molar-refractivity contribution in [2.45, 2.75) is 62.6 Å². The van der Waals surface area contributed by atoms with Crippen LogP contribution in [-0.4, -0.2) is 29.3 Å². The van der Waals surface area contributed by atoms with Gasteiger partial charge in [0.15, 0.2) is 0 Å². The van der Waals surface area contributed by atoms with Gasteiger partial charge < -0.3 is 14.0 Å². The van der Waals surface area contributed by atoms with Crippen LogP contribution in [0.3, 0.4) is 0 Å². The van der Waals surface area contributed by atoms with Crippen LogP contribution in [0.15, 0.2) is 4.52 Å². The normalized spacial score (nSPS) is 35.3. The third-order valence-corrected chi connectivity index (χ3v) is 5.29. The van der Waals surface area contributed by atoms with Gasteiger partial charge in [0, 0.05) is 13.2 Å². The standard InChI is InChI=1S/C15H20F2N2O3/c1-2-20-13(7-3-4-8-13)12-18-11(19-22-12)14-10(15(14,16)17)6-5-9-21-14/h10H,2-9H2,1H3. The van der Waals surface area contributed by atoms with Crippen LogP contribution in [0.5, 0.6) is 0 Å². The molecule has 2 aliphatic carbocycles. The number of fused-ring (bicyclic) bond motifs is 1. The molecule has 5 nitrogen and oxygen atoms in total. The van der Waals surface area contributed by atoms with E-state index in [9.17, 15) is 8.78 Å². The summed E-state index contributed by atoms with van der Waals surface area (Å²) < 4.78 is 45.0. The molecule has 2 atom stereocenters. The predicted octanol–water partition coefficient (Wildman–Crippen LogP) is 3.15. The molecule has 1 aromatic heterocycles. The van der Waals surface area contributed by atoms with Crippen molar-refractivity contribution in [1.29, 1.82) is 0 Å². The Balaban J connectivity index is 1.67. The fourth-order valence-electron chi connectivity index (χ4n) is 4.12. The highest BCUT2D eigenvalue weighted by atomic mass is 19.3. The molecule has 7 heteroatoms. The lowest BCUT2D eigenvalue weighted by atomic mass is 10.0. The lowest BCUT2D eigenvalue weighted by Gasteiger charge is -2.24. The monoisotopic (exact) mass is 314 g/mol. The zero-order chi connectivity index (χ0) is 15.4. The molecule has 0 aromatic carbocycles. The van der Waals surface area contributed by atoms with Crippen molar-refractivity contribution in [3.05, 3.63) is 11.7 Å². The average Bonchev–Trinajstić information content (AvgIpc) is 2.99. The summed E-state index contributed by atoms with van der Waals surface area (Å²) in [6, 6.07) is 0. The van der Waals surface area contributed by atoms with Crippen molar-refractivity contribution in [2.24, 2.45) is 5.92 Å². The van der Waals surface area contributed by atoms with Gasteiger partial charge in [-0.25, -0.2) is 8.78 Å². The lowest BCUT2D eigenvalue weighted by Crippen LogP contribution is -2.28. The Morgan fingerprint density at radius 2 is 2.05 bits per heavy atom. The topological polar surface area (TPSA) is 57.4 Å². The molecule has 4 rings (SSSR count). The van der Waals surface area contributed by atoms with Gasteiger partial charge in [-0.2, -0.15) is 4.98 Å². The van der Waals surface area contributed by atoms with E-state index in [4.69, 9.17) is 14.0 Å². The maximum atomic E-state index is 14.2. The Kier molecular flexibility index (Phi) is 3.10. The first kappa shape index (κ1) is 14.5. The Morgan fingerprint density at radius 3 is 2.73 bits per heavy atom. The summed E-state index contributed by atoms with van der Waals surface area (Å²) in [5.41, 5.74) is -2.27. The van der Waals surface area contributed by atoms with Gasteiger partial charge in [-0.15, -0.1) is 0 Å². The summed E-state index contributed by atoms with van der Waals surface area (Å²) in [5.74, 6) is -3.42. The molecule has 0 amide bonds. The van der Waals surface area contributed by atoms with Crippen molar-refractivity contribution >= 4 is 0 Å². The lowest BCUT2D eigenvalue weighted by molar-refractivity contribution is -0.0704. The number of nitrogens with zero attached hydrogens (tertiary/aromatic N) is 2. The van der Waals surface area contributed by atoms with Crippen molar-refractivity contribution in [3.8, 4) is 0 Å². The minimum absolute atomic E-state index is 0.0109. The van der Waals surface area contributed by atoms with Crippen LogP contribution in [0.4, 0.5) is 8.78 Å². The summed E-state index contributed by atoms with van der Waals surface area (Å²) >= 11 is 0. The summed E-state index contributed by atoms with van der Waals surface area (Å²) in [7, 11) is 0. The number of hydrogen-bond donors (Lipinski definition) is 0. The Bertz CT molecular complexity index is 571. The van der Waals surface area contributed by atoms with Gasteiger partial charge in [-0.05, 0) is 45.4 Å². The van der Waals surface area contributed by atoms with Crippen LogP contribution < -0.4 is 0 Å². The molecule has 22 heavy (non-hydrogen) atoms. The molecule has 0 N–H and O–H groups in total. The highest BCUT2D eigenvalue weighted by molar-refractivity contribution is 5.29. The minimum atomic E-state index is -2.90. The highest BCUT2D eigenvalue weighted by Crippen LogP contribution is 2.70. The second-order valence-electron chi connectivity index (χ2n) is 6.46. The van der Waals surface area contributed by atoms with Crippen LogP contribution in [-0.2, 0) is 20.7 Å². The zero-order valence-corrected chi connectivity index (χ0v) is 12.6. The second-order valence-corrected chi connectivity index (χ2v) is 6.46. The predicted molar refractivity (Wildman–Crippen MR) is 71.4 cm³/mol. The van der Waals surface area contributed by atoms with Gasteiger partial charge in [0.1, 0.15) is 5.60 Å². The Labute approximate surface area is 127 Å². The Hall–Kier alpha value is -1.08. The molecule has 2 saturated carbocycles. The first-order chi connectivity index (χ1) is 10.6. The molecule has 0 radical (unpaired) electrons. The second kappa shape index (κ2) is 4.71. The molecular formula is C15H20F2N2O3. The summed E-state index contributed by atoms with van der Waals surface area (Å²) in [6.45, 7) is 2.75. The average molecular weight is 314 g/mol. The van der Waals surface area contributed by atoms with E-state index in [-0.39, 0.29) is 5.82 Å². The van der Waals surface area contributed by atoms with Crippen molar-refractivity contribution < 1.29 is 22.8 Å². The van der Waals surface area contributed by atoms with E-state index in [2.05, 4.69) is 10.1 Å². The van der Waals surface area contributed by atoms with Gasteiger partial charge in [-0.1, -0.05) is 5.16 Å². The SMILES string of the molecule is CCOC1(c2nc(C34OCCCC3C4(F)F)no2)CCCC1. The number of halogens is 2. The highest BCUT2D eigenvalue weighted by Gasteiger charge is 2.85. The molecule has 0 bridgehead atoms. The molecule has 3 aliphatic rings. The third kappa shape index (κ3) is 1.69. The van der Waals surface area contributed by atoms with E-state index in [1.54, 1.807) is 0 Å². The summed E-state index contributed by atoms with van der Waals surface area (Å²) in [4.78, 5) is 4.31. The number of ether oxygens (including phenoxy) is 2. The van der Waals surface area contributed by atoms with Gasteiger partial charge in [-0.3, -0.25) is 0 Å². The van der Waals surface area contributed by atoms with Crippen LogP contribution >= 0.6 is 0 Å². The molecule has 2 heterocycles. The van der Waals surface area contributed by atoms with Crippen molar-refractivity contribution in [1.82, 2.24) is 10.1 Å². The van der Waals surface area contributed by atoms with E-state index in [1.807, 2.05) is 6.92 Å². The minimum Gasteiger partial charge on any atom is -0.365 e. The fraction of sp³-hybridized carbons (Fsp3) is 0.867. The zero-order valence-electron chi connectivity index (χ0n) is 12.6. The molecule has 1 aromatic rings. The van der Waals surface area contributed by atoms with Gasteiger partial charge in [0.25, 0.3) is 11.8 Å². The molecule has 122 valence electrons. The van der Waals surface area contributed by atoms with Crippen LogP contribution in [0, 0.1) is 5.92 Å². The number of hydrogen-bond acceptors (Lipinski definition) is 5. The van der Waals surface area contributed by atoms with Crippen molar-refractivity contribution in [2.75, 3.05) is 13.2 Å². The molecule has 1 aliphatic heterocycles. The maximum absolute atomic E-state index is 14.2. The quantitative estimate of drug-likeness (QED) is 0.854. The fourth-order valence-corrected chi connectivity index (χ4v) is 4.12. The molecular weight excluding hydrogens is 294 g/mol. The number of alkyl halides is 2. The van der Waals surface area contributed by atoms with E-state index in [0.717, 1.165) is 25.7 Å². The van der Waals surface area contributed by atoms with Gasteiger partial charge >= 0.3 is 0 Å². The summed E-state index contributed by atoms with van der Waals surface area (Å²) in [5, 5.41) is 3.85. The maximum Gasteiger partial charge on any atom is 0.290 e. The van der Waals surface area contributed by atoms with Gasteiger partial charge in [0.05, 0.1) is 5.92 Å². The van der Waals surface area contributed by atoms with E-state index in [1.165, 1.54) is 0 Å². The molecule has 3 fully saturated rings. The van der Waals surface area contributed by atoms with E-state index < -0.39 is 23.0 Å². The van der Waals surface area contributed by atoms with Crippen molar-refractivity contribution in [3.63, 3.8) is 0 Å². The first-order valence-corrected chi connectivity index (χ1v) is 8.07. The van der Waals surface area contributed by atoms with Gasteiger partial charge in [0.2, 0.25) is 11.4 Å². The first-order valence-electron chi connectivity index (χ1n) is 8.07. The molecule has 1 saturated heterocycles. The van der Waals surface area contributed by atoms with Crippen LogP contribution in [0.1, 0.15) is 57.2 Å². The van der Waals surface area contributed by atoms with E-state index in [0.29, 0.717) is 31.9 Å². The number of rotatable bonds is 4. The molecule has 2 unspecified atom stereocenters. The number of aromatic nitrogens is 2. The van der Waals surface area contributed by atoms with Crippen LogP contribution in [0.2, 0.25) is 0 Å². The van der Waals surface area contributed by atoms with Crippen LogP contribution in [0.25, 0.3) is 0 Å². The largest absolute Gasteiger partial charge is 0.365 e. The summed E-state index contributed by atoms with van der Waals surface area (Å²) in [6.07, 6.45) is 4.69. The molecule has 0 spiro atoms. The Morgan fingerprint density at radius 1 is 1.27 bits per heavy atom. The van der Waals surface area contributed by atoms with E-state index >= 15 is 0 Å². The smallest absolute Gasteiger partial charge is 0.290 e. The third-order valence-electron chi connectivity index (χ3n) is 5.29.